The van der Waals surface area contributed by atoms with Crippen molar-refractivity contribution in [3.63, 3.8) is 0 Å². The zero-order valence-corrected chi connectivity index (χ0v) is 15.4. The summed E-state index contributed by atoms with van der Waals surface area (Å²) in [6, 6.07) is 22.0. The number of rotatable bonds is 6. The highest BCUT2D eigenvalue weighted by molar-refractivity contribution is 5.93. The molecule has 0 spiro atoms. The van der Waals surface area contributed by atoms with E-state index in [1.807, 2.05) is 66.7 Å². The number of aromatic hydroxyl groups is 1. The van der Waals surface area contributed by atoms with Gasteiger partial charge in [-0.05, 0) is 29.3 Å². The van der Waals surface area contributed by atoms with E-state index in [0.29, 0.717) is 5.56 Å². The number of hydrogen-bond acceptors (Lipinski definition) is 5. The molecule has 1 N–H and O–H groups in total. The molecular formula is C23H20N2O3. The van der Waals surface area contributed by atoms with Crippen LogP contribution < -0.4 is 0 Å². The van der Waals surface area contributed by atoms with E-state index in [1.54, 1.807) is 13.0 Å². The van der Waals surface area contributed by atoms with E-state index in [9.17, 15) is 15.2 Å². The number of benzene rings is 3. The van der Waals surface area contributed by atoms with E-state index in [2.05, 4.69) is 4.99 Å². The van der Waals surface area contributed by atoms with Crippen molar-refractivity contribution in [2.24, 2.45) is 10.9 Å². The molecule has 28 heavy (non-hydrogen) atoms. The van der Waals surface area contributed by atoms with Crippen molar-refractivity contribution >= 4 is 23.0 Å². The third-order valence-corrected chi connectivity index (χ3v) is 4.40. The van der Waals surface area contributed by atoms with E-state index in [4.69, 9.17) is 4.74 Å². The van der Waals surface area contributed by atoms with Crippen LogP contribution in [0.3, 0.4) is 0 Å². The number of hydrogen-bond donors (Lipinski definition) is 1. The minimum absolute atomic E-state index is 0.106. The number of nitrogens with zero attached hydrogens (tertiary/aromatic N) is 2. The molecule has 3 aromatic carbocycles. The summed E-state index contributed by atoms with van der Waals surface area (Å²) < 4.78 is 4.93. The van der Waals surface area contributed by atoms with Gasteiger partial charge in [0.1, 0.15) is 11.8 Å². The summed E-state index contributed by atoms with van der Waals surface area (Å²) >= 11 is 0. The van der Waals surface area contributed by atoms with E-state index in [0.717, 1.165) is 16.3 Å². The number of carbonyl (C=O) groups excluding carboxylic acids is 1. The molecule has 0 heterocycles. The van der Waals surface area contributed by atoms with Gasteiger partial charge >= 0.3 is 5.97 Å². The lowest BCUT2D eigenvalue weighted by molar-refractivity contribution is -0.143. The van der Waals surface area contributed by atoms with Gasteiger partial charge in [-0.2, -0.15) is 5.26 Å². The second kappa shape index (κ2) is 8.83. The highest BCUT2D eigenvalue weighted by Gasteiger charge is 2.22. The molecule has 2 atom stereocenters. The lowest BCUT2D eigenvalue weighted by atomic mass is 9.93. The normalized spacial score (nSPS) is 13.1. The fourth-order valence-electron chi connectivity index (χ4n) is 3.09. The number of phenols is 1. The topological polar surface area (TPSA) is 82.7 Å². The van der Waals surface area contributed by atoms with Gasteiger partial charge in [-0.15, -0.1) is 0 Å². The van der Waals surface area contributed by atoms with Crippen LogP contribution in [0.2, 0.25) is 0 Å². The molecule has 0 fully saturated rings. The van der Waals surface area contributed by atoms with Gasteiger partial charge in [-0.3, -0.25) is 9.79 Å². The molecule has 0 aromatic heterocycles. The molecule has 5 heteroatoms. The molecule has 3 aromatic rings. The Morgan fingerprint density at radius 2 is 1.86 bits per heavy atom. The van der Waals surface area contributed by atoms with Crippen LogP contribution in [0.25, 0.3) is 10.8 Å². The van der Waals surface area contributed by atoms with E-state index < -0.39 is 17.9 Å². The van der Waals surface area contributed by atoms with Crippen LogP contribution in [0.4, 0.5) is 0 Å². The first-order valence-electron chi connectivity index (χ1n) is 9.00. The Morgan fingerprint density at radius 1 is 1.14 bits per heavy atom. The van der Waals surface area contributed by atoms with E-state index in [-0.39, 0.29) is 12.4 Å². The monoisotopic (exact) mass is 372 g/mol. The average Bonchev–Trinajstić information content (AvgIpc) is 2.73. The van der Waals surface area contributed by atoms with E-state index in [1.165, 1.54) is 6.21 Å². The Labute approximate surface area is 163 Å². The fourth-order valence-corrected chi connectivity index (χ4v) is 3.09. The Hall–Kier alpha value is -3.65. The van der Waals surface area contributed by atoms with Gasteiger partial charge < -0.3 is 9.84 Å². The first-order valence-corrected chi connectivity index (χ1v) is 9.00. The summed E-state index contributed by atoms with van der Waals surface area (Å²) in [6.45, 7) is 1.88. The SMILES string of the molecule is CCOC(=O)[C@@H](C#N)C=N[C@H](c1ccccc1)c1c(O)ccc2ccccc12. The fraction of sp³-hybridized carbons (Fsp3) is 0.174. The van der Waals surface area contributed by atoms with Crippen molar-refractivity contribution in [2.75, 3.05) is 6.61 Å². The number of ether oxygens (including phenoxy) is 1. The number of nitriles is 1. The van der Waals surface area contributed by atoms with Gasteiger partial charge in [0.25, 0.3) is 0 Å². The molecule has 0 unspecified atom stereocenters. The smallest absolute Gasteiger partial charge is 0.328 e. The van der Waals surface area contributed by atoms with Crippen LogP contribution in [0.5, 0.6) is 5.75 Å². The molecule has 5 nitrogen and oxygen atoms in total. The average molecular weight is 372 g/mol. The number of carbonyl (C=O) groups is 1. The minimum atomic E-state index is -1.11. The first kappa shape index (κ1) is 19.1. The quantitative estimate of drug-likeness (QED) is 0.513. The highest BCUT2D eigenvalue weighted by atomic mass is 16.5. The molecule has 0 aliphatic rings. The number of phenolic OH excluding ortho intramolecular Hbond substituents is 1. The van der Waals surface area contributed by atoms with Crippen LogP contribution in [0.1, 0.15) is 24.1 Å². The highest BCUT2D eigenvalue weighted by Crippen LogP contribution is 2.37. The Morgan fingerprint density at radius 3 is 2.57 bits per heavy atom. The maximum absolute atomic E-state index is 12.0. The lowest BCUT2D eigenvalue weighted by Gasteiger charge is -2.18. The van der Waals surface area contributed by atoms with Gasteiger partial charge in [0.15, 0.2) is 5.92 Å². The first-order chi connectivity index (χ1) is 13.7. The van der Waals surface area contributed by atoms with Gasteiger partial charge in [0, 0.05) is 11.8 Å². The molecule has 3 rings (SSSR count). The molecule has 0 aliphatic heterocycles. The van der Waals surface area contributed by atoms with Crippen molar-refractivity contribution < 1.29 is 14.6 Å². The number of fused-ring (bicyclic) bond motifs is 1. The maximum atomic E-state index is 12.0. The molecule has 0 saturated heterocycles. The molecular weight excluding hydrogens is 352 g/mol. The summed E-state index contributed by atoms with van der Waals surface area (Å²) in [6.07, 6.45) is 1.30. The van der Waals surface area contributed by atoms with Crippen LogP contribution in [-0.4, -0.2) is 23.9 Å². The largest absolute Gasteiger partial charge is 0.508 e. The predicted octanol–water partition coefficient (Wildman–Crippen LogP) is 4.41. The van der Waals surface area contributed by atoms with Crippen molar-refractivity contribution in [3.8, 4) is 11.8 Å². The van der Waals surface area contributed by atoms with Crippen molar-refractivity contribution in [1.82, 2.24) is 0 Å². The van der Waals surface area contributed by atoms with Crippen LogP contribution >= 0.6 is 0 Å². The number of aliphatic imine (C=N–C) groups is 1. The van der Waals surface area contributed by atoms with Gasteiger partial charge in [0.2, 0.25) is 0 Å². The maximum Gasteiger partial charge on any atom is 0.328 e. The summed E-state index contributed by atoms with van der Waals surface area (Å²) in [4.78, 5) is 16.5. The number of esters is 1. The second-order valence-electron chi connectivity index (χ2n) is 6.19. The Kier molecular flexibility index (Phi) is 6.03. The minimum Gasteiger partial charge on any atom is -0.508 e. The third kappa shape index (κ3) is 4.02. The molecule has 140 valence electrons. The standard InChI is InChI=1S/C23H20N2O3/c1-2-28-23(27)18(14-24)15-25-22(17-9-4-3-5-10-17)21-19-11-7-6-8-16(19)12-13-20(21)26/h3-13,15,18,22,26H,2H2,1H3/t18-,22+/m0/s1. The molecule has 0 aliphatic carbocycles. The molecule has 0 radical (unpaired) electrons. The van der Waals surface area contributed by atoms with Gasteiger partial charge in [0.05, 0.1) is 12.7 Å². The summed E-state index contributed by atoms with van der Waals surface area (Å²) in [5.41, 5.74) is 1.46. The lowest BCUT2D eigenvalue weighted by Crippen LogP contribution is -2.18. The van der Waals surface area contributed by atoms with Crippen molar-refractivity contribution in [3.05, 3.63) is 77.9 Å². The Balaban J connectivity index is 2.12. The zero-order chi connectivity index (χ0) is 19.9. The second-order valence-corrected chi connectivity index (χ2v) is 6.19. The Bertz CT molecular complexity index is 1040. The van der Waals surface area contributed by atoms with E-state index >= 15 is 0 Å². The summed E-state index contributed by atoms with van der Waals surface area (Å²) in [5.74, 6) is -1.64. The molecule has 0 saturated carbocycles. The van der Waals surface area contributed by atoms with Crippen LogP contribution in [0, 0.1) is 17.2 Å². The van der Waals surface area contributed by atoms with Crippen LogP contribution in [0.15, 0.2) is 71.7 Å². The van der Waals surface area contributed by atoms with Gasteiger partial charge in [-0.1, -0.05) is 60.7 Å². The van der Waals surface area contributed by atoms with Crippen LogP contribution in [-0.2, 0) is 9.53 Å². The van der Waals surface area contributed by atoms with Crippen molar-refractivity contribution in [2.45, 2.75) is 13.0 Å². The molecule has 0 amide bonds. The molecule has 0 bridgehead atoms. The summed E-state index contributed by atoms with van der Waals surface area (Å²) in [5, 5.41) is 21.8. The zero-order valence-electron chi connectivity index (χ0n) is 15.4. The third-order valence-electron chi connectivity index (χ3n) is 4.40. The summed E-state index contributed by atoms with van der Waals surface area (Å²) in [7, 11) is 0. The van der Waals surface area contributed by atoms with Gasteiger partial charge in [-0.25, -0.2) is 0 Å². The predicted molar refractivity (Wildman–Crippen MR) is 108 cm³/mol. The van der Waals surface area contributed by atoms with Crippen molar-refractivity contribution in [1.29, 1.82) is 5.26 Å².